The van der Waals surface area contributed by atoms with Gasteiger partial charge in [-0.1, -0.05) is 30.3 Å². The van der Waals surface area contributed by atoms with Gasteiger partial charge in [0, 0.05) is 5.92 Å². The van der Waals surface area contributed by atoms with Crippen molar-refractivity contribution >= 4 is 0 Å². The van der Waals surface area contributed by atoms with Crippen molar-refractivity contribution < 1.29 is 9.84 Å². The van der Waals surface area contributed by atoms with Crippen LogP contribution in [-0.2, 0) is 4.74 Å². The molecule has 2 heteroatoms. The molecule has 1 aromatic rings. The van der Waals surface area contributed by atoms with E-state index in [-0.39, 0.29) is 17.6 Å². The van der Waals surface area contributed by atoms with Crippen LogP contribution in [0.25, 0.3) is 0 Å². The van der Waals surface area contributed by atoms with Crippen molar-refractivity contribution in [1.82, 2.24) is 0 Å². The molecule has 3 unspecified atom stereocenters. The molecule has 0 aromatic heterocycles. The smallest absolute Gasteiger partial charge is 0.0887 e. The topological polar surface area (TPSA) is 29.5 Å². The van der Waals surface area contributed by atoms with E-state index in [0.29, 0.717) is 5.92 Å². The lowest BCUT2D eigenvalue weighted by atomic mass is 9.62. The molecule has 2 fully saturated rings. The monoisotopic (exact) mass is 260 g/mol. The number of benzene rings is 1. The van der Waals surface area contributed by atoms with Crippen molar-refractivity contribution in [2.75, 3.05) is 0 Å². The SMILES string of the molecule is CC1(O)CCC2CC1[C@H](c1ccccc1)OC2(C)C. The summed E-state index contributed by atoms with van der Waals surface area (Å²) in [6.45, 7) is 6.37. The molecule has 1 aromatic carbocycles. The number of rotatable bonds is 1. The van der Waals surface area contributed by atoms with Gasteiger partial charge < -0.3 is 9.84 Å². The Morgan fingerprint density at radius 3 is 2.53 bits per heavy atom. The molecule has 1 saturated heterocycles. The van der Waals surface area contributed by atoms with Crippen LogP contribution in [0.2, 0.25) is 0 Å². The number of ether oxygens (including phenoxy) is 1. The molecule has 1 N–H and O–H groups in total. The third-order valence-corrected chi connectivity index (χ3v) is 5.24. The maximum Gasteiger partial charge on any atom is 0.0887 e. The maximum atomic E-state index is 10.7. The van der Waals surface area contributed by atoms with Crippen LogP contribution in [0.4, 0.5) is 0 Å². The fourth-order valence-corrected chi connectivity index (χ4v) is 3.86. The molecule has 4 atom stereocenters. The summed E-state index contributed by atoms with van der Waals surface area (Å²) in [5.41, 5.74) is 0.502. The molecule has 1 saturated carbocycles. The highest BCUT2D eigenvalue weighted by molar-refractivity contribution is 5.21. The lowest BCUT2D eigenvalue weighted by Gasteiger charge is -2.55. The standard InChI is InChI=1S/C17H24O2/c1-16(2)13-9-10-17(3,18)14(11-13)15(19-16)12-7-5-4-6-8-12/h4-8,13-15,18H,9-11H2,1-3H3/t13?,14?,15-,17?/m0/s1. The van der Waals surface area contributed by atoms with Crippen LogP contribution in [0.15, 0.2) is 30.3 Å². The minimum absolute atomic E-state index is 0.0164. The van der Waals surface area contributed by atoms with E-state index in [4.69, 9.17) is 4.74 Å². The summed E-state index contributed by atoms with van der Waals surface area (Å²) in [6, 6.07) is 10.4. The molecule has 2 nitrogen and oxygen atoms in total. The second-order valence-electron chi connectivity index (χ2n) is 6.99. The first kappa shape index (κ1) is 13.1. The van der Waals surface area contributed by atoms with Crippen LogP contribution in [-0.4, -0.2) is 16.3 Å². The van der Waals surface area contributed by atoms with Gasteiger partial charge in [0.1, 0.15) is 0 Å². The first-order valence-electron chi connectivity index (χ1n) is 7.35. The van der Waals surface area contributed by atoms with Gasteiger partial charge in [0.15, 0.2) is 0 Å². The molecule has 0 radical (unpaired) electrons. The number of hydrogen-bond acceptors (Lipinski definition) is 2. The Morgan fingerprint density at radius 1 is 1.16 bits per heavy atom. The van der Waals surface area contributed by atoms with Crippen LogP contribution in [0, 0.1) is 11.8 Å². The molecule has 19 heavy (non-hydrogen) atoms. The summed E-state index contributed by atoms with van der Waals surface area (Å²) in [5.74, 6) is 0.777. The van der Waals surface area contributed by atoms with E-state index in [2.05, 4.69) is 38.1 Å². The normalized spacial score (nSPS) is 40.9. The van der Waals surface area contributed by atoms with E-state index in [1.54, 1.807) is 0 Å². The molecule has 1 heterocycles. The minimum Gasteiger partial charge on any atom is -0.390 e. The maximum absolute atomic E-state index is 10.7. The summed E-state index contributed by atoms with van der Waals surface area (Å²) < 4.78 is 6.40. The Balaban J connectivity index is 1.98. The van der Waals surface area contributed by atoms with E-state index in [0.717, 1.165) is 19.3 Å². The van der Waals surface area contributed by atoms with Gasteiger partial charge in [-0.2, -0.15) is 0 Å². The van der Waals surface area contributed by atoms with Crippen molar-refractivity contribution in [3.63, 3.8) is 0 Å². The summed E-state index contributed by atoms with van der Waals surface area (Å²) in [6.07, 6.45) is 3.04. The van der Waals surface area contributed by atoms with Crippen LogP contribution in [0.1, 0.15) is 51.7 Å². The van der Waals surface area contributed by atoms with Crippen LogP contribution in [0.3, 0.4) is 0 Å². The molecule has 104 valence electrons. The molecule has 2 bridgehead atoms. The zero-order valence-electron chi connectivity index (χ0n) is 12.1. The highest BCUT2D eigenvalue weighted by Crippen LogP contribution is 2.54. The first-order chi connectivity index (χ1) is 8.90. The van der Waals surface area contributed by atoms with Crippen molar-refractivity contribution in [3.05, 3.63) is 35.9 Å². The second-order valence-corrected chi connectivity index (χ2v) is 6.99. The van der Waals surface area contributed by atoms with Crippen molar-refractivity contribution in [1.29, 1.82) is 0 Å². The molecule has 0 spiro atoms. The molecule has 1 aliphatic carbocycles. The van der Waals surface area contributed by atoms with E-state index >= 15 is 0 Å². The summed E-state index contributed by atoms with van der Waals surface area (Å²) in [7, 11) is 0. The van der Waals surface area contributed by atoms with Gasteiger partial charge >= 0.3 is 0 Å². The Bertz CT molecular complexity index is 448. The molecular weight excluding hydrogens is 236 g/mol. The molecular formula is C17H24O2. The average Bonchev–Trinajstić information content (AvgIpc) is 2.36. The lowest BCUT2D eigenvalue weighted by Crippen LogP contribution is -2.54. The molecule has 3 rings (SSSR count). The molecule has 1 aliphatic heterocycles. The Labute approximate surface area is 115 Å². The molecule has 0 amide bonds. The van der Waals surface area contributed by atoms with Gasteiger partial charge in [0.05, 0.1) is 17.3 Å². The fourth-order valence-electron chi connectivity index (χ4n) is 3.86. The summed E-state index contributed by atoms with van der Waals surface area (Å²) >= 11 is 0. The fraction of sp³-hybridized carbons (Fsp3) is 0.647. The predicted octanol–water partition coefficient (Wildman–Crippen LogP) is 3.70. The Hall–Kier alpha value is -0.860. The largest absolute Gasteiger partial charge is 0.390 e. The van der Waals surface area contributed by atoms with E-state index < -0.39 is 5.60 Å². The van der Waals surface area contributed by atoms with Crippen molar-refractivity contribution in [3.8, 4) is 0 Å². The van der Waals surface area contributed by atoms with E-state index in [1.807, 2.05) is 13.0 Å². The number of fused-ring (bicyclic) bond motifs is 2. The van der Waals surface area contributed by atoms with Gasteiger partial charge in [-0.15, -0.1) is 0 Å². The van der Waals surface area contributed by atoms with Crippen molar-refractivity contribution in [2.24, 2.45) is 11.8 Å². The zero-order valence-corrected chi connectivity index (χ0v) is 12.1. The third kappa shape index (κ3) is 2.21. The Kier molecular flexibility index (Phi) is 2.99. The Morgan fingerprint density at radius 2 is 1.84 bits per heavy atom. The molecule has 2 aliphatic rings. The van der Waals surface area contributed by atoms with Crippen LogP contribution in [0.5, 0.6) is 0 Å². The predicted molar refractivity (Wildman–Crippen MR) is 75.8 cm³/mol. The van der Waals surface area contributed by atoms with Crippen molar-refractivity contribution in [2.45, 2.75) is 57.3 Å². The average molecular weight is 260 g/mol. The highest BCUT2D eigenvalue weighted by Gasteiger charge is 2.52. The van der Waals surface area contributed by atoms with E-state index in [9.17, 15) is 5.11 Å². The lowest BCUT2D eigenvalue weighted by molar-refractivity contribution is -0.232. The number of aliphatic hydroxyl groups is 1. The van der Waals surface area contributed by atoms with Gasteiger partial charge in [-0.3, -0.25) is 0 Å². The first-order valence-corrected chi connectivity index (χ1v) is 7.35. The third-order valence-electron chi connectivity index (χ3n) is 5.24. The second kappa shape index (κ2) is 4.32. The summed E-state index contributed by atoms with van der Waals surface area (Å²) in [5, 5.41) is 10.7. The van der Waals surface area contributed by atoms with Gasteiger partial charge in [-0.05, 0) is 51.5 Å². The van der Waals surface area contributed by atoms with Gasteiger partial charge in [0.2, 0.25) is 0 Å². The van der Waals surface area contributed by atoms with E-state index in [1.165, 1.54) is 5.56 Å². The van der Waals surface area contributed by atoms with Gasteiger partial charge in [0.25, 0.3) is 0 Å². The highest BCUT2D eigenvalue weighted by atomic mass is 16.5. The zero-order chi connectivity index (χ0) is 13.7. The van der Waals surface area contributed by atoms with Gasteiger partial charge in [-0.25, -0.2) is 0 Å². The minimum atomic E-state index is -0.604. The van der Waals surface area contributed by atoms with Crippen LogP contribution < -0.4 is 0 Å². The summed E-state index contributed by atoms with van der Waals surface area (Å²) in [4.78, 5) is 0. The quantitative estimate of drug-likeness (QED) is 0.834. The van der Waals surface area contributed by atoms with Crippen LogP contribution >= 0.6 is 0 Å². The number of hydrogen-bond donors (Lipinski definition) is 1.